The Balaban J connectivity index is 2.29. The summed E-state index contributed by atoms with van der Waals surface area (Å²) < 4.78 is 55.3. The fourth-order valence-corrected chi connectivity index (χ4v) is 3.06. The molecular weight excluding hydrogens is 360 g/mol. The van der Waals surface area contributed by atoms with Crippen molar-refractivity contribution in [3.05, 3.63) is 48.5 Å². The lowest BCUT2D eigenvalue weighted by Crippen LogP contribution is -2.20. The molecule has 0 bridgehead atoms. The monoisotopic (exact) mass is 372 g/mol. The van der Waals surface area contributed by atoms with E-state index in [9.17, 15) is 21.6 Å². The molecule has 4 N–H and O–H groups in total. The molecule has 0 unspecified atom stereocenters. The average molecular weight is 372 g/mol. The van der Waals surface area contributed by atoms with Crippen molar-refractivity contribution in [2.75, 3.05) is 0 Å². The summed E-state index contributed by atoms with van der Waals surface area (Å²) in [5.74, 6) is -0.726. The maximum atomic E-state index is 11.8. The molecule has 0 aliphatic heterocycles. The van der Waals surface area contributed by atoms with E-state index in [0.29, 0.717) is 0 Å². The number of carbonyl (C=O) groups excluding carboxylic acids is 1. The minimum Gasteiger partial charge on any atom is -0.393 e. The van der Waals surface area contributed by atoms with Crippen LogP contribution in [0.15, 0.2) is 58.3 Å². The van der Waals surface area contributed by atoms with E-state index in [0.717, 1.165) is 12.1 Å². The second-order valence-corrected chi connectivity index (χ2v) is 7.50. The Labute approximate surface area is 137 Å². The van der Waals surface area contributed by atoms with Crippen molar-refractivity contribution in [1.29, 1.82) is 0 Å². The van der Waals surface area contributed by atoms with Gasteiger partial charge in [0.1, 0.15) is 9.79 Å². The lowest BCUT2D eigenvalue weighted by molar-refractivity contribution is 0.149. The summed E-state index contributed by atoms with van der Waals surface area (Å²) in [5.41, 5.74) is 0. The highest BCUT2D eigenvalue weighted by molar-refractivity contribution is 7.89. The molecule has 0 radical (unpaired) electrons. The predicted octanol–water partition coefficient (Wildman–Crippen LogP) is 0.559. The molecular formula is C13H12N2O7S2. The highest BCUT2D eigenvalue weighted by atomic mass is 32.2. The first-order valence-corrected chi connectivity index (χ1v) is 9.31. The molecule has 0 aromatic heterocycles. The largest absolute Gasteiger partial charge is 0.519 e. The molecule has 128 valence electrons. The first-order valence-electron chi connectivity index (χ1n) is 6.22. The molecule has 0 aliphatic rings. The van der Waals surface area contributed by atoms with Gasteiger partial charge in [-0.3, -0.25) is 0 Å². The number of carbonyl (C=O) groups is 1. The predicted molar refractivity (Wildman–Crippen MR) is 82.3 cm³/mol. The summed E-state index contributed by atoms with van der Waals surface area (Å²) in [5, 5.41) is 10.0. The van der Waals surface area contributed by atoms with Crippen LogP contribution in [0, 0.1) is 0 Å². The third kappa shape index (κ3) is 4.29. The maximum Gasteiger partial charge on any atom is 0.519 e. The Morgan fingerprint density at radius 1 is 0.708 bits per heavy atom. The van der Waals surface area contributed by atoms with Crippen LogP contribution >= 0.6 is 0 Å². The number of rotatable bonds is 4. The molecule has 0 atom stereocenters. The first-order chi connectivity index (χ1) is 11.1. The normalized spacial score (nSPS) is 11.8. The highest BCUT2D eigenvalue weighted by Crippen LogP contribution is 2.25. The second-order valence-electron chi connectivity index (χ2n) is 4.44. The van der Waals surface area contributed by atoms with Gasteiger partial charge in [-0.15, -0.1) is 0 Å². The van der Waals surface area contributed by atoms with Gasteiger partial charge in [0.15, 0.2) is 11.5 Å². The first kappa shape index (κ1) is 17.9. The summed E-state index contributed by atoms with van der Waals surface area (Å²) in [6.45, 7) is 0. The maximum absolute atomic E-state index is 11.8. The Kier molecular flexibility index (Phi) is 4.89. The summed E-state index contributed by atoms with van der Waals surface area (Å²) in [6.07, 6.45) is -1.36. The molecule has 2 aromatic rings. The number of hydrogen-bond acceptors (Lipinski definition) is 7. The fourth-order valence-electron chi connectivity index (χ4n) is 1.74. The Morgan fingerprint density at radius 2 is 1.04 bits per heavy atom. The number of benzene rings is 2. The van der Waals surface area contributed by atoms with Gasteiger partial charge in [-0.05, 0) is 24.3 Å². The third-order valence-corrected chi connectivity index (χ3v) is 4.60. The number of primary sulfonamides is 2. The van der Waals surface area contributed by atoms with Gasteiger partial charge in [-0.25, -0.2) is 31.9 Å². The molecule has 0 aliphatic carbocycles. The van der Waals surface area contributed by atoms with E-state index in [4.69, 9.17) is 19.8 Å². The molecule has 0 fully saturated rings. The number of nitrogens with two attached hydrogens (primary N) is 2. The van der Waals surface area contributed by atoms with Crippen molar-refractivity contribution < 1.29 is 31.1 Å². The van der Waals surface area contributed by atoms with Crippen molar-refractivity contribution in [3.8, 4) is 11.5 Å². The molecule has 2 rings (SSSR count). The van der Waals surface area contributed by atoms with E-state index in [1.807, 2.05) is 0 Å². The zero-order chi connectivity index (χ0) is 18.0. The van der Waals surface area contributed by atoms with Crippen LogP contribution < -0.4 is 19.8 Å². The van der Waals surface area contributed by atoms with E-state index in [1.54, 1.807) is 0 Å². The van der Waals surface area contributed by atoms with Gasteiger partial charge >= 0.3 is 6.16 Å². The Hall–Kier alpha value is -2.47. The van der Waals surface area contributed by atoms with Gasteiger partial charge in [0.2, 0.25) is 20.0 Å². The van der Waals surface area contributed by atoms with E-state index >= 15 is 0 Å². The lowest BCUT2D eigenvalue weighted by atomic mass is 10.3. The standard InChI is InChI=1S/C13H12N2O7S2/c14-23(17,18)11-7-3-1-5-9(11)21-13(16)22-10-6-2-4-8-12(10)24(15,19)20/h1-8H,(H2,14,17,18)(H2,15,19,20). The lowest BCUT2D eigenvalue weighted by Gasteiger charge is -2.10. The molecule has 0 saturated heterocycles. The van der Waals surface area contributed by atoms with Crippen LogP contribution in [0.25, 0.3) is 0 Å². The number of sulfonamides is 2. The minimum atomic E-state index is -4.13. The van der Waals surface area contributed by atoms with E-state index in [-0.39, 0.29) is 11.5 Å². The second kappa shape index (κ2) is 6.57. The number of ether oxygens (including phenoxy) is 2. The van der Waals surface area contributed by atoms with Crippen LogP contribution in [0.1, 0.15) is 0 Å². The van der Waals surface area contributed by atoms with Gasteiger partial charge in [0.25, 0.3) is 0 Å². The van der Waals surface area contributed by atoms with E-state index < -0.39 is 36.0 Å². The SMILES string of the molecule is NS(=O)(=O)c1ccccc1OC(=O)Oc1ccccc1S(N)(=O)=O. The van der Waals surface area contributed by atoms with E-state index in [2.05, 4.69) is 0 Å². The minimum absolute atomic E-state index is 0.363. The fraction of sp³-hybridized carbons (Fsp3) is 0. The molecule has 0 spiro atoms. The van der Waals surface area contributed by atoms with Crippen molar-refractivity contribution in [2.24, 2.45) is 10.3 Å². The van der Waals surface area contributed by atoms with E-state index in [1.165, 1.54) is 36.4 Å². The highest BCUT2D eigenvalue weighted by Gasteiger charge is 2.21. The van der Waals surface area contributed by atoms with Gasteiger partial charge in [0.05, 0.1) is 0 Å². The summed E-state index contributed by atoms with van der Waals surface area (Å²) in [6, 6.07) is 10.2. The van der Waals surface area contributed by atoms with Gasteiger partial charge in [-0.1, -0.05) is 24.3 Å². The number of para-hydroxylation sites is 2. The molecule has 0 saturated carbocycles. The summed E-state index contributed by atoms with van der Waals surface area (Å²) >= 11 is 0. The van der Waals surface area contributed by atoms with Crippen molar-refractivity contribution in [1.82, 2.24) is 0 Å². The average Bonchev–Trinajstić information content (AvgIpc) is 2.46. The summed E-state index contributed by atoms with van der Waals surface area (Å²) in [4.78, 5) is 11.0. The van der Waals surface area contributed by atoms with Crippen LogP contribution in [-0.4, -0.2) is 23.0 Å². The Morgan fingerprint density at radius 3 is 1.38 bits per heavy atom. The van der Waals surface area contributed by atoms with Crippen LogP contribution in [0.2, 0.25) is 0 Å². The van der Waals surface area contributed by atoms with Crippen LogP contribution in [0.4, 0.5) is 4.79 Å². The van der Waals surface area contributed by atoms with Gasteiger partial charge in [0, 0.05) is 0 Å². The van der Waals surface area contributed by atoms with Gasteiger partial charge < -0.3 is 9.47 Å². The van der Waals surface area contributed by atoms with Crippen LogP contribution in [-0.2, 0) is 20.0 Å². The topological polar surface area (TPSA) is 156 Å². The Bertz CT molecular complexity index is 905. The molecule has 9 nitrogen and oxygen atoms in total. The van der Waals surface area contributed by atoms with Gasteiger partial charge in [-0.2, -0.15) is 0 Å². The zero-order valence-electron chi connectivity index (χ0n) is 11.9. The molecule has 2 aromatic carbocycles. The molecule has 0 heterocycles. The molecule has 24 heavy (non-hydrogen) atoms. The summed E-state index contributed by atoms with van der Waals surface area (Å²) in [7, 11) is -8.26. The smallest absolute Gasteiger partial charge is 0.393 e. The van der Waals surface area contributed by atoms with Crippen molar-refractivity contribution in [3.63, 3.8) is 0 Å². The molecule has 11 heteroatoms. The zero-order valence-corrected chi connectivity index (χ0v) is 13.6. The van der Waals surface area contributed by atoms with Crippen LogP contribution in [0.3, 0.4) is 0 Å². The number of hydrogen-bond donors (Lipinski definition) is 2. The third-order valence-electron chi connectivity index (χ3n) is 2.70. The van der Waals surface area contributed by atoms with Crippen molar-refractivity contribution >= 4 is 26.2 Å². The molecule has 0 amide bonds. The quantitative estimate of drug-likeness (QED) is 0.586. The van der Waals surface area contributed by atoms with Crippen molar-refractivity contribution in [2.45, 2.75) is 9.79 Å². The van der Waals surface area contributed by atoms with Crippen LogP contribution in [0.5, 0.6) is 11.5 Å².